The maximum atomic E-state index is 14.0. The van der Waals surface area contributed by atoms with Crippen molar-refractivity contribution in [2.45, 2.75) is 6.61 Å². The van der Waals surface area contributed by atoms with Crippen LogP contribution in [0.3, 0.4) is 0 Å². The maximum Gasteiger partial charge on any atom is 0.258 e. The number of hydrogen-bond donors (Lipinski definition) is 1. The Morgan fingerprint density at radius 2 is 1.84 bits per heavy atom. The number of hydrogen-bond acceptors (Lipinski definition) is 6. The first kappa shape index (κ1) is 19.8. The minimum Gasteiger partial charge on any atom is -0.484 e. The lowest BCUT2D eigenvalue weighted by Gasteiger charge is -2.08. The Bertz CT molecular complexity index is 1250. The number of aromatic nitrogens is 2. The molecule has 1 amide bonds. The smallest absolute Gasteiger partial charge is 0.258 e. The van der Waals surface area contributed by atoms with Crippen molar-refractivity contribution in [2.75, 3.05) is 5.32 Å². The molecule has 3 aromatic carbocycles. The largest absolute Gasteiger partial charge is 0.484 e. The molecule has 0 aliphatic heterocycles. The summed E-state index contributed by atoms with van der Waals surface area (Å²) in [5.41, 5.74) is 1.28. The molecule has 1 heterocycles. The third-order valence-electron chi connectivity index (χ3n) is 4.30. The van der Waals surface area contributed by atoms with Gasteiger partial charge in [-0.15, -0.1) is 10.2 Å². The third-order valence-corrected chi connectivity index (χ3v) is 4.30. The summed E-state index contributed by atoms with van der Waals surface area (Å²) in [6.45, 7) is 0.0853. The SMILES string of the molecule is N#Cc1ccc(C(=O)Nc2ccc(OCc3nnc(-c4ccccc4)o3)cc2)c(F)c1. The molecule has 0 fully saturated rings. The van der Waals surface area contributed by atoms with E-state index < -0.39 is 11.7 Å². The van der Waals surface area contributed by atoms with Crippen LogP contribution in [-0.4, -0.2) is 16.1 Å². The van der Waals surface area contributed by atoms with Gasteiger partial charge in [0.15, 0.2) is 6.61 Å². The van der Waals surface area contributed by atoms with Gasteiger partial charge in [-0.05, 0) is 54.6 Å². The van der Waals surface area contributed by atoms with Crippen LogP contribution in [0.15, 0.2) is 77.2 Å². The van der Waals surface area contributed by atoms with Gasteiger partial charge in [0.25, 0.3) is 11.8 Å². The van der Waals surface area contributed by atoms with Gasteiger partial charge >= 0.3 is 0 Å². The van der Waals surface area contributed by atoms with E-state index in [1.54, 1.807) is 24.3 Å². The zero-order valence-corrected chi connectivity index (χ0v) is 16.1. The molecule has 7 nitrogen and oxygen atoms in total. The number of rotatable bonds is 6. The van der Waals surface area contributed by atoms with Gasteiger partial charge in [0.05, 0.1) is 17.2 Å². The van der Waals surface area contributed by atoms with Gasteiger partial charge in [-0.3, -0.25) is 4.79 Å². The normalized spacial score (nSPS) is 10.3. The van der Waals surface area contributed by atoms with Crippen LogP contribution in [-0.2, 0) is 6.61 Å². The van der Waals surface area contributed by atoms with E-state index in [-0.39, 0.29) is 17.7 Å². The van der Waals surface area contributed by atoms with Crippen LogP contribution in [0.25, 0.3) is 11.5 Å². The summed E-state index contributed by atoms with van der Waals surface area (Å²) in [5, 5.41) is 19.3. The predicted molar refractivity (Wildman–Crippen MR) is 110 cm³/mol. The van der Waals surface area contributed by atoms with Gasteiger partial charge < -0.3 is 14.5 Å². The van der Waals surface area contributed by atoms with Crippen LogP contribution in [0.2, 0.25) is 0 Å². The maximum absolute atomic E-state index is 14.0. The number of amides is 1. The number of carbonyl (C=O) groups is 1. The number of nitrogens with one attached hydrogen (secondary N) is 1. The molecule has 0 aliphatic rings. The summed E-state index contributed by atoms with van der Waals surface area (Å²) in [4.78, 5) is 12.3. The molecule has 4 rings (SSSR count). The van der Waals surface area contributed by atoms with Gasteiger partial charge in [0, 0.05) is 11.3 Å². The van der Waals surface area contributed by atoms with Gasteiger partial charge in [-0.25, -0.2) is 4.39 Å². The second-order valence-corrected chi connectivity index (χ2v) is 6.44. The van der Waals surface area contributed by atoms with Crippen molar-refractivity contribution in [3.63, 3.8) is 0 Å². The van der Waals surface area contributed by atoms with Crippen LogP contribution >= 0.6 is 0 Å². The summed E-state index contributed by atoms with van der Waals surface area (Å²) in [5.74, 6) is -0.109. The quantitative estimate of drug-likeness (QED) is 0.496. The van der Waals surface area contributed by atoms with Crippen molar-refractivity contribution in [1.29, 1.82) is 5.26 Å². The van der Waals surface area contributed by atoms with Crippen molar-refractivity contribution < 1.29 is 18.3 Å². The van der Waals surface area contributed by atoms with E-state index in [9.17, 15) is 9.18 Å². The lowest BCUT2D eigenvalue weighted by Crippen LogP contribution is -2.13. The van der Waals surface area contributed by atoms with E-state index in [0.29, 0.717) is 23.2 Å². The minimum atomic E-state index is -0.758. The highest BCUT2D eigenvalue weighted by atomic mass is 19.1. The lowest BCUT2D eigenvalue weighted by molar-refractivity contribution is 0.102. The summed E-state index contributed by atoms with van der Waals surface area (Å²) in [6.07, 6.45) is 0. The molecule has 0 radical (unpaired) electrons. The molecule has 8 heteroatoms. The number of ether oxygens (including phenoxy) is 1. The average Bonchev–Trinajstić information content (AvgIpc) is 3.28. The first-order valence-electron chi connectivity index (χ1n) is 9.24. The van der Waals surface area contributed by atoms with Gasteiger partial charge in [-0.2, -0.15) is 5.26 Å². The van der Waals surface area contributed by atoms with Crippen LogP contribution in [0.5, 0.6) is 5.75 Å². The average molecular weight is 414 g/mol. The van der Waals surface area contributed by atoms with E-state index in [1.807, 2.05) is 36.4 Å². The van der Waals surface area contributed by atoms with E-state index in [0.717, 1.165) is 11.6 Å². The number of benzene rings is 3. The third kappa shape index (κ3) is 4.74. The zero-order chi connectivity index (χ0) is 21.6. The van der Waals surface area contributed by atoms with Crippen LogP contribution in [0.4, 0.5) is 10.1 Å². The molecule has 0 spiro atoms. The highest BCUT2D eigenvalue weighted by molar-refractivity contribution is 6.04. The minimum absolute atomic E-state index is 0.0853. The molecule has 152 valence electrons. The van der Waals surface area contributed by atoms with Crippen molar-refractivity contribution in [2.24, 2.45) is 0 Å². The number of nitriles is 1. The van der Waals surface area contributed by atoms with Gasteiger partial charge in [0.2, 0.25) is 5.89 Å². The van der Waals surface area contributed by atoms with Crippen LogP contribution in [0, 0.1) is 17.1 Å². The fourth-order valence-corrected chi connectivity index (χ4v) is 2.76. The molecule has 31 heavy (non-hydrogen) atoms. The number of nitrogens with zero attached hydrogens (tertiary/aromatic N) is 3. The van der Waals surface area contributed by atoms with Crippen molar-refractivity contribution in [3.8, 4) is 23.3 Å². The second kappa shape index (κ2) is 8.88. The Kier molecular flexibility index (Phi) is 5.67. The van der Waals surface area contributed by atoms with E-state index in [2.05, 4.69) is 15.5 Å². The molecule has 4 aromatic rings. The Balaban J connectivity index is 1.35. The van der Waals surface area contributed by atoms with Crippen LogP contribution in [0.1, 0.15) is 21.8 Å². The Morgan fingerprint density at radius 3 is 2.55 bits per heavy atom. The van der Waals surface area contributed by atoms with Gasteiger partial charge in [-0.1, -0.05) is 18.2 Å². The molecular formula is C23H15FN4O3. The zero-order valence-electron chi connectivity index (χ0n) is 16.1. The molecule has 0 aliphatic carbocycles. The monoisotopic (exact) mass is 414 g/mol. The molecule has 0 unspecified atom stereocenters. The molecule has 0 saturated carbocycles. The summed E-state index contributed by atoms with van der Waals surface area (Å²) in [7, 11) is 0. The standard InChI is InChI=1S/C23H15FN4O3/c24-20-12-15(13-25)6-11-19(20)22(29)26-17-7-9-18(10-8-17)30-14-21-27-28-23(31-21)16-4-2-1-3-5-16/h1-12H,14H2,(H,26,29). The van der Waals surface area contributed by atoms with Crippen LogP contribution < -0.4 is 10.1 Å². The van der Waals surface area contributed by atoms with E-state index >= 15 is 0 Å². The second-order valence-electron chi connectivity index (χ2n) is 6.44. The Hall–Kier alpha value is -4.51. The topological polar surface area (TPSA) is 101 Å². The number of anilines is 1. The molecule has 1 N–H and O–H groups in total. The summed E-state index contributed by atoms with van der Waals surface area (Å²) < 4.78 is 25.2. The fourth-order valence-electron chi connectivity index (χ4n) is 2.76. The van der Waals surface area contributed by atoms with E-state index in [1.165, 1.54) is 12.1 Å². The number of carbonyl (C=O) groups excluding carboxylic acids is 1. The first-order valence-corrected chi connectivity index (χ1v) is 9.24. The number of halogens is 1. The fraction of sp³-hybridized carbons (Fsp3) is 0.0435. The first-order chi connectivity index (χ1) is 15.1. The lowest BCUT2D eigenvalue weighted by atomic mass is 10.1. The molecule has 1 aromatic heterocycles. The van der Waals surface area contributed by atoms with Crippen molar-refractivity contribution in [3.05, 3.63) is 95.6 Å². The van der Waals surface area contributed by atoms with Crippen molar-refractivity contribution in [1.82, 2.24) is 10.2 Å². The predicted octanol–water partition coefficient (Wildman–Crippen LogP) is 4.58. The molecular weight excluding hydrogens is 399 g/mol. The van der Waals surface area contributed by atoms with Crippen molar-refractivity contribution >= 4 is 11.6 Å². The highest BCUT2D eigenvalue weighted by Crippen LogP contribution is 2.20. The Morgan fingerprint density at radius 1 is 1.06 bits per heavy atom. The molecule has 0 bridgehead atoms. The highest BCUT2D eigenvalue weighted by Gasteiger charge is 2.13. The summed E-state index contributed by atoms with van der Waals surface area (Å²) >= 11 is 0. The van der Waals surface area contributed by atoms with Gasteiger partial charge in [0.1, 0.15) is 11.6 Å². The summed E-state index contributed by atoms with van der Waals surface area (Å²) in [6, 6.07) is 21.5. The molecule has 0 saturated heterocycles. The Labute approximate surface area is 176 Å². The molecule has 0 atom stereocenters. The van der Waals surface area contributed by atoms with E-state index in [4.69, 9.17) is 14.4 Å².